The number of nitriles is 1. The van der Waals surface area contributed by atoms with E-state index in [-0.39, 0.29) is 5.56 Å². The molecule has 0 fully saturated rings. The predicted octanol–water partition coefficient (Wildman–Crippen LogP) is 3.08. The van der Waals surface area contributed by atoms with Crippen molar-refractivity contribution >= 4 is 10.9 Å². The molecule has 0 bridgehead atoms. The van der Waals surface area contributed by atoms with Crippen LogP contribution in [0.5, 0.6) is 5.75 Å². The maximum Gasteiger partial charge on any atom is 0.266 e. The molecular formula is C17H12N2O2. The number of hydrogen-bond donors (Lipinski definition) is 1. The van der Waals surface area contributed by atoms with Crippen LogP contribution >= 0.6 is 0 Å². The number of nitrogens with one attached hydrogen (secondary N) is 1. The zero-order valence-corrected chi connectivity index (χ0v) is 11.4. The molecule has 4 heteroatoms. The van der Waals surface area contributed by atoms with Gasteiger partial charge in [-0.05, 0) is 29.3 Å². The van der Waals surface area contributed by atoms with Gasteiger partial charge in [0.25, 0.3) is 5.56 Å². The third kappa shape index (κ3) is 2.15. The zero-order chi connectivity index (χ0) is 14.8. The number of aromatic nitrogens is 1. The van der Waals surface area contributed by atoms with E-state index in [1.54, 1.807) is 13.2 Å². The number of hydrogen-bond acceptors (Lipinski definition) is 3. The van der Waals surface area contributed by atoms with Crippen LogP contribution in [0.25, 0.3) is 22.0 Å². The largest absolute Gasteiger partial charge is 0.495 e. The van der Waals surface area contributed by atoms with Crippen molar-refractivity contribution in [2.45, 2.75) is 0 Å². The van der Waals surface area contributed by atoms with E-state index in [1.165, 1.54) is 0 Å². The number of nitrogens with zero attached hydrogens (tertiary/aromatic N) is 1. The molecule has 3 aromatic rings. The Hall–Kier alpha value is -3.06. The second-order valence-electron chi connectivity index (χ2n) is 4.59. The molecule has 2 aromatic carbocycles. The smallest absolute Gasteiger partial charge is 0.266 e. The van der Waals surface area contributed by atoms with E-state index in [9.17, 15) is 4.79 Å². The van der Waals surface area contributed by atoms with Crippen LogP contribution < -0.4 is 10.3 Å². The van der Waals surface area contributed by atoms with Gasteiger partial charge in [-0.1, -0.05) is 30.3 Å². The Morgan fingerprint density at radius 2 is 1.90 bits per heavy atom. The molecule has 1 N–H and O–H groups in total. The molecule has 102 valence electrons. The summed E-state index contributed by atoms with van der Waals surface area (Å²) in [7, 11) is 1.55. The SMILES string of the molecule is COc1ccc(-c2ccccc2)c2cc(C#N)c(=O)[nH]c12. The number of H-pyrrole nitrogens is 1. The van der Waals surface area contributed by atoms with E-state index in [2.05, 4.69) is 4.98 Å². The first-order chi connectivity index (χ1) is 10.2. The van der Waals surface area contributed by atoms with E-state index < -0.39 is 5.56 Å². The molecule has 0 spiro atoms. The fourth-order valence-corrected chi connectivity index (χ4v) is 2.39. The van der Waals surface area contributed by atoms with Gasteiger partial charge in [0.15, 0.2) is 0 Å². The third-order valence-electron chi connectivity index (χ3n) is 3.40. The van der Waals surface area contributed by atoms with Crippen LogP contribution in [0.3, 0.4) is 0 Å². The number of ether oxygens (including phenoxy) is 1. The van der Waals surface area contributed by atoms with Crippen LogP contribution in [0.15, 0.2) is 53.3 Å². The summed E-state index contributed by atoms with van der Waals surface area (Å²) in [4.78, 5) is 14.6. The van der Waals surface area contributed by atoms with Gasteiger partial charge in [-0.15, -0.1) is 0 Å². The van der Waals surface area contributed by atoms with Gasteiger partial charge in [-0.3, -0.25) is 4.79 Å². The summed E-state index contributed by atoms with van der Waals surface area (Å²) in [5.41, 5.74) is 2.24. The van der Waals surface area contributed by atoms with Crippen LogP contribution in [-0.2, 0) is 0 Å². The van der Waals surface area contributed by atoms with Gasteiger partial charge in [0.05, 0.1) is 12.6 Å². The van der Waals surface area contributed by atoms with E-state index in [1.807, 2.05) is 48.5 Å². The van der Waals surface area contributed by atoms with Crippen LogP contribution in [0, 0.1) is 11.3 Å². The molecule has 0 atom stereocenters. The van der Waals surface area contributed by atoms with Crippen molar-refractivity contribution in [2.24, 2.45) is 0 Å². The van der Waals surface area contributed by atoms with Gasteiger partial charge in [0.2, 0.25) is 0 Å². The van der Waals surface area contributed by atoms with Crippen molar-refractivity contribution in [1.82, 2.24) is 4.98 Å². The number of rotatable bonds is 2. The van der Waals surface area contributed by atoms with Crippen LogP contribution in [-0.4, -0.2) is 12.1 Å². The molecule has 0 saturated carbocycles. The maximum atomic E-state index is 11.8. The van der Waals surface area contributed by atoms with E-state index in [0.717, 1.165) is 16.5 Å². The Balaban J connectivity index is 2.42. The number of fused-ring (bicyclic) bond motifs is 1. The Kier molecular flexibility index (Phi) is 3.17. The minimum absolute atomic E-state index is 0.0907. The van der Waals surface area contributed by atoms with Crippen LogP contribution in [0.1, 0.15) is 5.56 Å². The minimum atomic E-state index is -0.409. The number of methoxy groups -OCH3 is 1. The topological polar surface area (TPSA) is 65.9 Å². The summed E-state index contributed by atoms with van der Waals surface area (Å²) in [6, 6.07) is 17.1. The molecule has 0 unspecified atom stereocenters. The van der Waals surface area contributed by atoms with Gasteiger partial charge < -0.3 is 9.72 Å². The average molecular weight is 276 g/mol. The van der Waals surface area contributed by atoms with E-state index >= 15 is 0 Å². The number of aromatic amines is 1. The van der Waals surface area contributed by atoms with E-state index in [4.69, 9.17) is 10.00 Å². The first kappa shape index (κ1) is 12.9. The molecule has 0 radical (unpaired) electrons. The van der Waals surface area contributed by atoms with Crippen molar-refractivity contribution in [1.29, 1.82) is 5.26 Å². The molecule has 1 aromatic heterocycles. The Bertz CT molecular complexity index is 906. The summed E-state index contributed by atoms with van der Waals surface area (Å²) < 4.78 is 5.29. The highest BCUT2D eigenvalue weighted by atomic mass is 16.5. The fraction of sp³-hybridized carbons (Fsp3) is 0.0588. The zero-order valence-electron chi connectivity index (χ0n) is 11.4. The molecule has 0 aliphatic rings. The minimum Gasteiger partial charge on any atom is -0.495 e. The number of benzene rings is 2. The number of pyridine rings is 1. The van der Waals surface area contributed by atoms with Gasteiger partial charge >= 0.3 is 0 Å². The Morgan fingerprint density at radius 1 is 1.14 bits per heavy atom. The molecule has 0 aliphatic heterocycles. The second kappa shape index (κ2) is 5.14. The summed E-state index contributed by atoms with van der Waals surface area (Å²) >= 11 is 0. The van der Waals surface area contributed by atoms with Crippen molar-refractivity contribution < 1.29 is 4.74 Å². The molecule has 4 nitrogen and oxygen atoms in total. The molecule has 0 amide bonds. The lowest BCUT2D eigenvalue weighted by Crippen LogP contribution is -2.10. The molecule has 21 heavy (non-hydrogen) atoms. The van der Waals surface area contributed by atoms with Gasteiger partial charge in [-0.2, -0.15) is 5.26 Å². The van der Waals surface area contributed by atoms with Gasteiger partial charge in [0, 0.05) is 5.39 Å². The second-order valence-corrected chi connectivity index (χ2v) is 4.59. The molecule has 0 saturated heterocycles. The van der Waals surface area contributed by atoms with Crippen molar-refractivity contribution in [3.8, 4) is 22.9 Å². The highest BCUT2D eigenvalue weighted by Crippen LogP contribution is 2.32. The van der Waals surface area contributed by atoms with Crippen LogP contribution in [0.2, 0.25) is 0 Å². The van der Waals surface area contributed by atoms with Crippen molar-refractivity contribution in [3.63, 3.8) is 0 Å². The first-order valence-electron chi connectivity index (χ1n) is 6.44. The maximum absolute atomic E-state index is 11.8. The highest BCUT2D eigenvalue weighted by molar-refractivity contribution is 5.98. The summed E-state index contributed by atoms with van der Waals surface area (Å²) in [5, 5.41) is 9.85. The lowest BCUT2D eigenvalue weighted by Gasteiger charge is -2.10. The lowest BCUT2D eigenvalue weighted by molar-refractivity contribution is 0.419. The molecular weight excluding hydrogens is 264 g/mol. The molecule has 3 rings (SSSR count). The van der Waals surface area contributed by atoms with Crippen LogP contribution in [0.4, 0.5) is 0 Å². The monoisotopic (exact) mass is 276 g/mol. The quantitative estimate of drug-likeness (QED) is 0.782. The van der Waals surface area contributed by atoms with E-state index in [0.29, 0.717) is 11.3 Å². The first-order valence-corrected chi connectivity index (χ1v) is 6.44. The Labute approximate surface area is 121 Å². The predicted molar refractivity (Wildman–Crippen MR) is 81.3 cm³/mol. The fourth-order valence-electron chi connectivity index (χ4n) is 2.39. The van der Waals surface area contributed by atoms with Gasteiger partial charge in [-0.25, -0.2) is 0 Å². The summed E-state index contributed by atoms with van der Waals surface area (Å²) in [6.45, 7) is 0. The Morgan fingerprint density at radius 3 is 2.57 bits per heavy atom. The third-order valence-corrected chi connectivity index (χ3v) is 3.40. The normalized spacial score (nSPS) is 10.3. The standard InChI is InChI=1S/C17H12N2O2/c1-21-15-8-7-13(11-5-3-2-4-6-11)14-9-12(10-18)17(20)19-16(14)15/h2-9H,1H3,(H,19,20). The average Bonchev–Trinajstić information content (AvgIpc) is 2.54. The van der Waals surface area contributed by atoms with Crippen molar-refractivity contribution in [2.75, 3.05) is 7.11 Å². The van der Waals surface area contributed by atoms with Crippen molar-refractivity contribution in [3.05, 3.63) is 64.4 Å². The van der Waals surface area contributed by atoms with Gasteiger partial charge in [0.1, 0.15) is 17.4 Å². The highest BCUT2D eigenvalue weighted by Gasteiger charge is 2.11. The summed E-state index contributed by atoms with van der Waals surface area (Å²) in [6.07, 6.45) is 0. The summed E-state index contributed by atoms with van der Waals surface area (Å²) in [5.74, 6) is 0.575. The lowest BCUT2D eigenvalue weighted by atomic mass is 9.99. The molecule has 0 aliphatic carbocycles. The molecule has 1 heterocycles.